The number of benzene rings is 1. The number of aromatic hydroxyl groups is 1. The Bertz CT molecular complexity index is 635. The average molecular weight is 296 g/mol. The number of carbonyl (C=O) groups excluding carboxylic acids is 1. The van der Waals surface area contributed by atoms with Crippen molar-refractivity contribution in [2.45, 2.75) is 12.8 Å². The van der Waals surface area contributed by atoms with Gasteiger partial charge in [-0.15, -0.1) is 0 Å². The molecule has 21 heavy (non-hydrogen) atoms. The van der Waals surface area contributed by atoms with Crippen molar-refractivity contribution in [2.75, 3.05) is 18.5 Å². The predicted molar refractivity (Wildman–Crippen MR) is 73.5 cm³/mol. The molecular weight excluding hydrogens is 282 g/mol. The van der Waals surface area contributed by atoms with Crippen molar-refractivity contribution < 1.29 is 23.4 Å². The number of hydrogen-bond acceptors (Lipinski definition) is 4. The minimum Gasteiger partial charge on any atom is -0.507 e. The normalized spacial score (nSPS) is 11.0. The summed E-state index contributed by atoms with van der Waals surface area (Å²) >= 11 is 0. The number of nitrogens with zero attached hydrogens (tertiary/aromatic N) is 1. The highest BCUT2D eigenvalue weighted by Gasteiger charge is 2.10. The molecule has 2 aromatic rings. The summed E-state index contributed by atoms with van der Waals surface area (Å²) in [5, 5.41) is 12.8. The minimum absolute atomic E-state index is 0.0398. The van der Waals surface area contributed by atoms with Crippen LogP contribution in [0.1, 0.15) is 6.42 Å². The van der Waals surface area contributed by atoms with Gasteiger partial charge in [0, 0.05) is 11.6 Å². The van der Waals surface area contributed by atoms with Gasteiger partial charge in [0.05, 0.1) is 24.2 Å². The van der Waals surface area contributed by atoms with Crippen LogP contribution in [0.15, 0.2) is 30.5 Å². The van der Waals surface area contributed by atoms with Crippen LogP contribution in [0.4, 0.5) is 14.5 Å². The van der Waals surface area contributed by atoms with Crippen LogP contribution < -0.4 is 5.32 Å². The van der Waals surface area contributed by atoms with Crippen LogP contribution in [0.3, 0.4) is 0 Å². The quantitative estimate of drug-likeness (QED) is 0.635. The number of alkyl halides is 2. The lowest BCUT2D eigenvalue weighted by Crippen LogP contribution is -2.16. The fourth-order valence-corrected chi connectivity index (χ4v) is 1.81. The van der Waals surface area contributed by atoms with Crippen molar-refractivity contribution in [3.8, 4) is 5.75 Å². The second-order valence-corrected chi connectivity index (χ2v) is 4.30. The van der Waals surface area contributed by atoms with Crippen LogP contribution in [-0.4, -0.2) is 35.6 Å². The molecule has 2 N–H and O–H groups in total. The maximum absolute atomic E-state index is 11.9. The van der Waals surface area contributed by atoms with E-state index in [-0.39, 0.29) is 24.7 Å². The first kappa shape index (κ1) is 15.1. The molecule has 7 heteroatoms. The van der Waals surface area contributed by atoms with Crippen LogP contribution >= 0.6 is 0 Å². The predicted octanol–water partition coefficient (Wildman–Crippen LogP) is 2.55. The molecule has 2 rings (SSSR count). The smallest absolute Gasteiger partial charge is 0.261 e. The largest absolute Gasteiger partial charge is 0.507 e. The summed E-state index contributed by atoms with van der Waals surface area (Å²) in [4.78, 5) is 15.8. The summed E-state index contributed by atoms with van der Waals surface area (Å²) in [5.41, 5.74) is 0.904. The molecule has 0 aliphatic carbocycles. The SMILES string of the molecule is O=C(CCOCC(F)F)Nc1ccc(O)c2cccnc12. The molecule has 0 spiro atoms. The molecule has 1 amide bonds. The van der Waals surface area contributed by atoms with Gasteiger partial charge in [-0.3, -0.25) is 9.78 Å². The molecule has 0 bridgehead atoms. The molecule has 0 aliphatic heterocycles. The summed E-state index contributed by atoms with van der Waals surface area (Å²) in [6.45, 7) is -0.767. The third-order valence-corrected chi connectivity index (χ3v) is 2.74. The topological polar surface area (TPSA) is 71.5 Å². The number of anilines is 1. The zero-order chi connectivity index (χ0) is 15.2. The zero-order valence-electron chi connectivity index (χ0n) is 11.1. The molecule has 0 radical (unpaired) electrons. The number of phenols is 1. The van der Waals surface area contributed by atoms with Crippen molar-refractivity contribution in [3.05, 3.63) is 30.5 Å². The molecule has 1 aromatic heterocycles. The summed E-state index contributed by atoms with van der Waals surface area (Å²) in [6.07, 6.45) is -1.04. The van der Waals surface area contributed by atoms with Gasteiger partial charge in [-0.2, -0.15) is 0 Å². The van der Waals surface area contributed by atoms with E-state index >= 15 is 0 Å². The molecule has 0 atom stereocenters. The summed E-state index contributed by atoms with van der Waals surface area (Å²) in [6, 6.07) is 6.33. The van der Waals surface area contributed by atoms with Crippen LogP contribution in [0.25, 0.3) is 10.9 Å². The highest BCUT2D eigenvalue weighted by atomic mass is 19.3. The van der Waals surface area contributed by atoms with Crippen LogP contribution in [0, 0.1) is 0 Å². The number of hydrogen-bond donors (Lipinski definition) is 2. The van der Waals surface area contributed by atoms with Gasteiger partial charge < -0.3 is 15.2 Å². The van der Waals surface area contributed by atoms with Gasteiger partial charge >= 0.3 is 0 Å². The van der Waals surface area contributed by atoms with E-state index < -0.39 is 13.0 Å². The number of aromatic nitrogens is 1. The Morgan fingerprint density at radius 3 is 2.95 bits per heavy atom. The summed E-state index contributed by atoms with van der Waals surface area (Å²) in [5.74, 6) is -0.307. The Labute approximate surface area is 119 Å². The number of carbonyl (C=O) groups is 1. The van der Waals surface area contributed by atoms with Crippen LogP contribution in [0.5, 0.6) is 5.75 Å². The molecule has 1 aromatic carbocycles. The van der Waals surface area contributed by atoms with Crippen molar-refractivity contribution >= 4 is 22.5 Å². The van der Waals surface area contributed by atoms with E-state index in [1.54, 1.807) is 18.3 Å². The number of fused-ring (bicyclic) bond motifs is 1. The molecule has 5 nitrogen and oxygen atoms in total. The number of pyridine rings is 1. The number of rotatable bonds is 6. The van der Waals surface area contributed by atoms with E-state index in [0.29, 0.717) is 16.6 Å². The average Bonchev–Trinajstić information content (AvgIpc) is 2.47. The fourth-order valence-electron chi connectivity index (χ4n) is 1.81. The van der Waals surface area contributed by atoms with E-state index in [9.17, 15) is 18.7 Å². The van der Waals surface area contributed by atoms with Gasteiger partial charge in [0.1, 0.15) is 12.4 Å². The Morgan fingerprint density at radius 1 is 1.38 bits per heavy atom. The Kier molecular flexibility index (Phi) is 4.99. The second-order valence-electron chi connectivity index (χ2n) is 4.30. The Hall–Kier alpha value is -2.28. The molecule has 0 saturated carbocycles. The lowest BCUT2D eigenvalue weighted by atomic mass is 10.1. The lowest BCUT2D eigenvalue weighted by molar-refractivity contribution is -0.117. The molecular formula is C14H14F2N2O3. The highest BCUT2D eigenvalue weighted by Crippen LogP contribution is 2.28. The number of halogens is 2. The monoisotopic (exact) mass is 296 g/mol. The van der Waals surface area contributed by atoms with Gasteiger partial charge in [-0.25, -0.2) is 8.78 Å². The van der Waals surface area contributed by atoms with E-state index in [4.69, 9.17) is 0 Å². The summed E-state index contributed by atoms with van der Waals surface area (Å²) < 4.78 is 28.4. The second kappa shape index (κ2) is 6.94. The molecule has 0 saturated heterocycles. The van der Waals surface area contributed by atoms with E-state index in [2.05, 4.69) is 15.0 Å². The van der Waals surface area contributed by atoms with Gasteiger partial charge in [-0.1, -0.05) is 0 Å². The van der Waals surface area contributed by atoms with Crippen molar-refractivity contribution in [1.29, 1.82) is 0 Å². The van der Waals surface area contributed by atoms with E-state index in [1.807, 2.05) is 0 Å². The number of phenolic OH excluding ortho intramolecular Hbond substituents is 1. The van der Waals surface area contributed by atoms with Gasteiger partial charge in [0.25, 0.3) is 6.43 Å². The van der Waals surface area contributed by atoms with Crippen LogP contribution in [-0.2, 0) is 9.53 Å². The first-order chi connectivity index (χ1) is 10.1. The maximum Gasteiger partial charge on any atom is 0.261 e. The van der Waals surface area contributed by atoms with Crippen molar-refractivity contribution in [1.82, 2.24) is 4.98 Å². The highest BCUT2D eigenvalue weighted by molar-refractivity contribution is 6.02. The standard InChI is InChI=1S/C14H14F2N2O3/c15-12(16)8-21-7-5-13(20)18-10-3-4-11(19)9-2-1-6-17-14(9)10/h1-4,6,12,19H,5,7-8H2,(H,18,20). The molecule has 0 unspecified atom stereocenters. The van der Waals surface area contributed by atoms with Gasteiger partial charge in [0.2, 0.25) is 5.91 Å². The van der Waals surface area contributed by atoms with Crippen molar-refractivity contribution in [3.63, 3.8) is 0 Å². The van der Waals surface area contributed by atoms with E-state index in [0.717, 1.165) is 0 Å². The molecule has 1 heterocycles. The van der Waals surface area contributed by atoms with Crippen LogP contribution in [0.2, 0.25) is 0 Å². The third kappa shape index (κ3) is 4.09. The Balaban J connectivity index is 2.00. The minimum atomic E-state index is -2.54. The number of ether oxygens (including phenoxy) is 1. The number of amides is 1. The fraction of sp³-hybridized carbons (Fsp3) is 0.286. The first-order valence-corrected chi connectivity index (χ1v) is 6.30. The first-order valence-electron chi connectivity index (χ1n) is 6.30. The van der Waals surface area contributed by atoms with Crippen molar-refractivity contribution in [2.24, 2.45) is 0 Å². The lowest BCUT2D eigenvalue weighted by Gasteiger charge is -2.09. The van der Waals surface area contributed by atoms with Gasteiger partial charge in [-0.05, 0) is 24.3 Å². The maximum atomic E-state index is 11.9. The summed E-state index contributed by atoms with van der Waals surface area (Å²) in [7, 11) is 0. The molecule has 0 fully saturated rings. The third-order valence-electron chi connectivity index (χ3n) is 2.74. The number of nitrogens with one attached hydrogen (secondary N) is 1. The molecule has 0 aliphatic rings. The molecule has 112 valence electrons. The van der Waals surface area contributed by atoms with Gasteiger partial charge in [0.15, 0.2) is 0 Å². The van der Waals surface area contributed by atoms with E-state index in [1.165, 1.54) is 12.1 Å². The zero-order valence-corrected chi connectivity index (χ0v) is 11.1. The Morgan fingerprint density at radius 2 is 2.19 bits per heavy atom.